The van der Waals surface area contributed by atoms with Crippen molar-refractivity contribution < 1.29 is 24.2 Å². The maximum atomic E-state index is 13.1. The Morgan fingerprint density at radius 3 is 2.61 bits per heavy atom. The van der Waals surface area contributed by atoms with Gasteiger partial charge in [0.1, 0.15) is 17.3 Å². The number of likely N-dealkylation sites (tertiary alicyclic amines) is 1. The summed E-state index contributed by atoms with van der Waals surface area (Å²) in [5.41, 5.74) is 1.06. The van der Waals surface area contributed by atoms with Crippen LogP contribution in [0.5, 0.6) is 11.5 Å². The fraction of sp³-hybridized carbons (Fsp3) is 0.360. The highest BCUT2D eigenvalue weighted by molar-refractivity contribution is 6.46. The van der Waals surface area contributed by atoms with Gasteiger partial charge in [0.25, 0.3) is 11.7 Å². The van der Waals surface area contributed by atoms with E-state index in [0.717, 1.165) is 6.54 Å². The molecule has 2 aromatic rings. The SMILES string of the molecule is CCOc1cc(/C(O)=C2/C(=O)C(=O)N(CCCN(C)C)C2c2cccc(OC)c2)ccc1Cl. The zero-order chi connectivity index (χ0) is 24.1. The standard InChI is InChI=1S/C25H29ClN2O5/c1-5-33-20-15-17(10-11-19(20)26)23(29)21-22(16-8-6-9-18(14-16)32-4)28(25(31)24(21)30)13-7-12-27(2)3/h6,8-11,14-15,22,29H,5,7,12-13H2,1-4H3/b23-21-. The van der Waals surface area contributed by atoms with Crippen molar-refractivity contribution in [1.82, 2.24) is 9.80 Å². The molecule has 33 heavy (non-hydrogen) atoms. The Balaban J connectivity index is 2.13. The van der Waals surface area contributed by atoms with E-state index in [-0.39, 0.29) is 11.3 Å². The number of halogens is 1. The number of carbonyl (C=O) groups is 2. The number of rotatable bonds is 9. The first-order valence-electron chi connectivity index (χ1n) is 10.8. The van der Waals surface area contributed by atoms with Gasteiger partial charge in [-0.2, -0.15) is 0 Å². The third-order valence-corrected chi connectivity index (χ3v) is 5.77. The second-order valence-electron chi connectivity index (χ2n) is 8.00. The molecule has 0 radical (unpaired) electrons. The number of carbonyl (C=O) groups excluding carboxylic acids is 2. The first-order chi connectivity index (χ1) is 15.8. The lowest BCUT2D eigenvalue weighted by atomic mass is 9.95. The molecule has 176 valence electrons. The molecule has 1 amide bonds. The van der Waals surface area contributed by atoms with Gasteiger partial charge in [0.15, 0.2) is 0 Å². The molecule has 0 spiro atoms. The molecule has 1 heterocycles. The van der Waals surface area contributed by atoms with Crippen molar-refractivity contribution in [2.75, 3.05) is 40.9 Å². The Labute approximate surface area is 199 Å². The first-order valence-corrected chi connectivity index (χ1v) is 11.2. The van der Waals surface area contributed by atoms with E-state index in [1.807, 2.05) is 32.0 Å². The minimum absolute atomic E-state index is 0.0304. The molecule has 0 aliphatic carbocycles. The number of hydrogen-bond donors (Lipinski definition) is 1. The highest BCUT2D eigenvalue weighted by atomic mass is 35.5. The van der Waals surface area contributed by atoms with E-state index in [0.29, 0.717) is 47.2 Å². The molecule has 1 N–H and O–H groups in total. The molecule has 3 rings (SSSR count). The van der Waals surface area contributed by atoms with Crippen LogP contribution in [-0.4, -0.2) is 67.5 Å². The van der Waals surface area contributed by atoms with Gasteiger partial charge in [0.05, 0.1) is 30.4 Å². The zero-order valence-electron chi connectivity index (χ0n) is 19.3. The summed E-state index contributed by atoms with van der Waals surface area (Å²) in [5, 5.41) is 11.6. The van der Waals surface area contributed by atoms with Crippen LogP contribution in [0.2, 0.25) is 5.02 Å². The third-order valence-electron chi connectivity index (χ3n) is 5.46. The van der Waals surface area contributed by atoms with E-state index in [2.05, 4.69) is 0 Å². The summed E-state index contributed by atoms with van der Waals surface area (Å²) in [5.74, 6) is -0.646. The minimum Gasteiger partial charge on any atom is -0.507 e. The van der Waals surface area contributed by atoms with Crippen LogP contribution in [0.1, 0.15) is 30.5 Å². The van der Waals surface area contributed by atoms with E-state index in [1.54, 1.807) is 43.5 Å². The van der Waals surface area contributed by atoms with Gasteiger partial charge in [-0.05, 0) is 69.9 Å². The van der Waals surface area contributed by atoms with Crippen LogP contribution < -0.4 is 9.47 Å². The monoisotopic (exact) mass is 472 g/mol. The Kier molecular flexibility index (Phi) is 8.00. The van der Waals surface area contributed by atoms with Gasteiger partial charge in [-0.25, -0.2) is 0 Å². The van der Waals surface area contributed by atoms with Crippen LogP contribution in [-0.2, 0) is 9.59 Å². The van der Waals surface area contributed by atoms with Crippen LogP contribution in [0.3, 0.4) is 0 Å². The van der Waals surface area contributed by atoms with Gasteiger partial charge in [-0.3, -0.25) is 9.59 Å². The number of ether oxygens (including phenoxy) is 2. The molecule has 7 nitrogen and oxygen atoms in total. The second-order valence-corrected chi connectivity index (χ2v) is 8.41. The lowest BCUT2D eigenvalue weighted by molar-refractivity contribution is -0.139. The van der Waals surface area contributed by atoms with Gasteiger partial charge >= 0.3 is 0 Å². The first kappa shape index (κ1) is 24.6. The highest BCUT2D eigenvalue weighted by Crippen LogP contribution is 2.41. The minimum atomic E-state index is -0.742. The zero-order valence-corrected chi connectivity index (χ0v) is 20.1. The topological polar surface area (TPSA) is 79.3 Å². The number of amides is 1. The Hall–Kier alpha value is -3.03. The molecule has 0 bridgehead atoms. The molecular weight excluding hydrogens is 444 g/mol. The van der Waals surface area contributed by atoms with Crippen molar-refractivity contribution in [2.45, 2.75) is 19.4 Å². The number of nitrogens with zero attached hydrogens (tertiary/aromatic N) is 2. The molecule has 1 aliphatic heterocycles. The average Bonchev–Trinajstić information content (AvgIpc) is 3.05. The van der Waals surface area contributed by atoms with Crippen molar-refractivity contribution in [3.8, 4) is 11.5 Å². The maximum Gasteiger partial charge on any atom is 0.295 e. The van der Waals surface area contributed by atoms with Crippen LogP contribution in [0, 0.1) is 0 Å². The Morgan fingerprint density at radius 1 is 1.18 bits per heavy atom. The molecule has 0 saturated carbocycles. The van der Waals surface area contributed by atoms with Crippen molar-refractivity contribution in [1.29, 1.82) is 0 Å². The molecule has 0 aromatic heterocycles. The van der Waals surface area contributed by atoms with Crippen LogP contribution >= 0.6 is 11.6 Å². The predicted molar refractivity (Wildman–Crippen MR) is 128 cm³/mol. The number of aliphatic hydroxyl groups excluding tert-OH is 1. The number of Topliss-reactive ketones (excluding diaryl/α,β-unsaturated/α-hetero) is 1. The molecular formula is C25H29ClN2O5. The van der Waals surface area contributed by atoms with Crippen molar-refractivity contribution in [3.05, 3.63) is 64.2 Å². The maximum absolute atomic E-state index is 13.1. The van der Waals surface area contributed by atoms with E-state index >= 15 is 0 Å². The molecule has 8 heteroatoms. The fourth-order valence-electron chi connectivity index (χ4n) is 3.90. The van der Waals surface area contributed by atoms with Gasteiger partial charge < -0.3 is 24.4 Å². The summed E-state index contributed by atoms with van der Waals surface area (Å²) in [6, 6.07) is 11.2. The van der Waals surface area contributed by atoms with E-state index < -0.39 is 17.7 Å². The molecule has 2 aromatic carbocycles. The van der Waals surface area contributed by atoms with Crippen molar-refractivity contribution in [3.63, 3.8) is 0 Å². The number of hydrogen-bond acceptors (Lipinski definition) is 6. The molecule has 1 saturated heterocycles. The van der Waals surface area contributed by atoms with Crippen molar-refractivity contribution >= 4 is 29.1 Å². The van der Waals surface area contributed by atoms with Crippen LogP contribution in [0.4, 0.5) is 0 Å². The summed E-state index contributed by atoms with van der Waals surface area (Å²) in [6.07, 6.45) is 0.677. The molecule has 1 atom stereocenters. The molecule has 1 fully saturated rings. The summed E-state index contributed by atoms with van der Waals surface area (Å²) < 4.78 is 10.9. The predicted octanol–water partition coefficient (Wildman–Crippen LogP) is 4.12. The largest absolute Gasteiger partial charge is 0.507 e. The fourth-order valence-corrected chi connectivity index (χ4v) is 4.07. The number of aliphatic hydroxyl groups is 1. The lowest BCUT2D eigenvalue weighted by Gasteiger charge is -2.26. The molecule has 1 aliphatic rings. The molecule has 1 unspecified atom stereocenters. The number of ketones is 1. The van der Waals surface area contributed by atoms with Gasteiger partial charge in [0, 0.05) is 12.1 Å². The summed E-state index contributed by atoms with van der Waals surface area (Å²) in [7, 11) is 5.45. The quantitative estimate of drug-likeness (QED) is 0.336. The number of methoxy groups -OCH3 is 1. The lowest BCUT2D eigenvalue weighted by Crippen LogP contribution is -2.32. The highest BCUT2D eigenvalue weighted by Gasteiger charge is 2.46. The second kappa shape index (κ2) is 10.7. The number of benzene rings is 2. The van der Waals surface area contributed by atoms with Gasteiger partial charge in [-0.15, -0.1) is 0 Å². The average molecular weight is 473 g/mol. The van der Waals surface area contributed by atoms with Crippen LogP contribution in [0.15, 0.2) is 48.0 Å². The van der Waals surface area contributed by atoms with E-state index in [9.17, 15) is 14.7 Å². The Bertz CT molecular complexity index is 1070. The Morgan fingerprint density at radius 2 is 1.94 bits per heavy atom. The summed E-state index contributed by atoms with van der Waals surface area (Å²) >= 11 is 6.19. The smallest absolute Gasteiger partial charge is 0.295 e. The summed E-state index contributed by atoms with van der Waals surface area (Å²) in [4.78, 5) is 29.7. The summed E-state index contributed by atoms with van der Waals surface area (Å²) in [6.45, 7) is 3.34. The van der Waals surface area contributed by atoms with E-state index in [4.69, 9.17) is 21.1 Å². The normalized spacial score (nSPS) is 17.6. The van der Waals surface area contributed by atoms with Crippen LogP contribution in [0.25, 0.3) is 5.76 Å². The van der Waals surface area contributed by atoms with E-state index in [1.165, 1.54) is 4.90 Å². The van der Waals surface area contributed by atoms with Crippen molar-refractivity contribution in [2.24, 2.45) is 0 Å². The van der Waals surface area contributed by atoms with Gasteiger partial charge in [0.2, 0.25) is 0 Å². The van der Waals surface area contributed by atoms with Gasteiger partial charge in [-0.1, -0.05) is 23.7 Å². The third kappa shape index (κ3) is 5.31.